The number of hydrogen-bond donors (Lipinski definition) is 2. The standard InChI is InChI=1S/C22H28N4O3/c1-23-9-16-12-25(13-22(16)6-7-22)10-14-2-3-15-11-26(21(29)17(15)8-14)18-4-5-19(27)24-20(18)28/h2-3,8,16,18,23H,4-7,9-13H2,1H3,(H,24,27,28). The van der Waals surface area contributed by atoms with Crippen LogP contribution in [0.5, 0.6) is 0 Å². The summed E-state index contributed by atoms with van der Waals surface area (Å²) in [4.78, 5) is 40.8. The van der Waals surface area contributed by atoms with Crippen LogP contribution in [0.4, 0.5) is 0 Å². The van der Waals surface area contributed by atoms with E-state index in [1.165, 1.54) is 12.8 Å². The molecule has 1 spiro atoms. The molecular formula is C22H28N4O3. The Kier molecular flexibility index (Phi) is 4.47. The number of carbonyl (C=O) groups is 3. The van der Waals surface area contributed by atoms with Gasteiger partial charge in [0.25, 0.3) is 5.91 Å². The number of nitrogens with zero attached hydrogens (tertiary/aromatic N) is 2. The predicted octanol–water partition coefficient (Wildman–Crippen LogP) is 0.879. The molecule has 3 aliphatic heterocycles. The number of imide groups is 1. The van der Waals surface area contributed by atoms with Gasteiger partial charge in [0, 0.05) is 38.2 Å². The molecular weight excluding hydrogens is 368 g/mol. The van der Waals surface area contributed by atoms with Gasteiger partial charge in [-0.3, -0.25) is 24.6 Å². The molecule has 4 aliphatic rings. The molecule has 154 valence electrons. The predicted molar refractivity (Wildman–Crippen MR) is 107 cm³/mol. The maximum atomic E-state index is 13.0. The highest BCUT2D eigenvalue weighted by atomic mass is 16.2. The summed E-state index contributed by atoms with van der Waals surface area (Å²) in [6.07, 6.45) is 3.35. The van der Waals surface area contributed by atoms with Crippen molar-refractivity contribution in [2.45, 2.75) is 44.8 Å². The second kappa shape index (κ2) is 6.92. The first-order valence-electron chi connectivity index (χ1n) is 10.6. The van der Waals surface area contributed by atoms with Gasteiger partial charge in [0.1, 0.15) is 6.04 Å². The van der Waals surface area contributed by atoms with Crippen LogP contribution in [0, 0.1) is 11.3 Å². The van der Waals surface area contributed by atoms with Crippen LogP contribution >= 0.6 is 0 Å². The number of piperidine rings is 1. The Balaban J connectivity index is 1.28. The van der Waals surface area contributed by atoms with Crippen LogP contribution in [0.3, 0.4) is 0 Å². The number of carbonyl (C=O) groups excluding carboxylic acids is 3. The number of benzene rings is 1. The molecule has 1 aromatic rings. The highest BCUT2D eigenvalue weighted by Gasteiger charge is 2.54. The van der Waals surface area contributed by atoms with Crippen molar-refractivity contribution < 1.29 is 14.4 Å². The molecule has 3 heterocycles. The van der Waals surface area contributed by atoms with Gasteiger partial charge in [-0.05, 0) is 61.4 Å². The second-order valence-electron chi connectivity index (χ2n) is 9.18. The van der Waals surface area contributed by atoms with Crippen molar-refractivity contribution in [1.82, 2.24) is 20.4 Å². The molecule has 7 nitrogen and oxygen atoms in total. The Morgan fingerprint density at radius 1 is 1.24 bits per heavy atom. The summed E-state index contributed by atoms with van der Waals surface area (Å²) >= 11 is 0. The number of fused-ring (bicyclic) bond motifs is 1. The van der Waals surface area contributed by atoms with E-state index < -0.39 is 6.04 Å². The van der Waals surface area contributed by atoms with Gasteiger partial charge >= 0.3 is 0 Å². The van der Waals surface area contributed by atoms with Gasteiger partial charge < -0.3 is 10.2 Å². The van der Waals surface area contributed by atoms with Gasteiger partial charge in [-0.2, -0.15) is 0 Å². The van der Waals surface area contributed by atoms with E-state index in [2.05, 4.69) is 21.6 Å². The summed E-state index contributed by atoms with van der Waals surface area (Å²) in [7, 11) is 2.03. The molecule has 2 saturated heterocycles. The molecule has 7 heteroatoms. The summed E-state index contributed by atoms with van der Waals surface area (Å²) in [5, 5.41) is 5.70. The van der Waals surface area contributed by atoms with Crippen molar-refractivity contribution in [2.75, 3.05) is 26.7 Å². The molecule has 3 fully saturated rings. The van der Waals surface area contributed by atoms with Crippen LogP contribution in [-0.4, -0.2) is 60.2 Å². The Labute approximate surface area is 170 Å². The molecule has 3 amide bonds. The van der Waals surface area contributed by atoms with Crippen molar-refractivity contribution in [3.8, 4) is 0 Å². The number of amides is 3. The van der Waals surface area contributed by atoms with Gasteiger partial charge in [-0.25, -0.2) is 0 Å². The van der Waals surface area contributed by atoms with Crippen molar-refractivity contribution in [2.24, 2.45) is 11.3 Å². The summed E-state index contributed by atoms with van der Waals surface area (Å²) in [6.45, 7) is 4.62. The first kappa shape index (κ1) is 18.8. The second-order valence-corrected chi connectivity index (χ2v) is 9.18. The average Bonchev–Trinajstić information content (AvgIpc) is 3.29. The molecule has 29 heavy (non-hydrogen) atoms. The van der Waals surface area contributed by atoms with Crippen LogP contribution in [0.25, 0.3) is 0 Å². The largest absolute Gasteiger partial charge is 0.322 e. The fraction of sp³-hybridized carbons (Fsp3) is 0.591. The Bertz CT molecular complexity index is 879. The third kappa shape index (κ3) is 3.26. The Hall–Kier alpha value is -2.25. The lowest BCUT2D eigenvalue weighted by Crippen LogP contribution is -2.52. The molecule has 0 aromatic heterocycles. The van der Waals surface area contributed by atoms with Crippen molar-refractivity contribution >= 4 is 17.7 Å². The van der Waals surface area contributed by atoms with E-state index in [0.29, 0.717) is 29.9 Å². The van der Waals surface area contributed by atoms with Gasteiger partial charge in [-0.1, -0.05) is 12.1 Å². The molecule has 0 radical (unpaired) electrons. The normalized spacial score (nSPS) is 28.2. The van der Waals surface area contributed by atoms with Gasteiger partial charge in [-0.15, -0.1) is 0 Å². The van der Waals surface area contributed by atoms with Gasteiger partial charge in [0.2, 0.25) is 11.8 Å². The number of hydrogen-bond acceptors (Lipinski definition) is 5. The van der Waals surface area contributed by atoms with Crippen LogP contribution in [0.1, 0.15) is 47.2 Å². The zero-order valence-electron chi connectivity index (χ0n) is 16.9. The van der Waals surface area contributed by atoms with Crippen LogP contribution in [0.15, 0.2) is 18.2 Å². The molecule has 2 N–H and O–H groups in total. The first-order valence-corrected chi connectivity index (χ1v) is 10.6. The average molecular weight is 396 g/mol. The fourth-order valence-corrected chi connectivity index (χ4v) is 5.48. The lowest BCUT2D eigenvalue weighted by Gasteiger charge is -2.29. The molecule has 1 aliphatic carbocycles. The minimum Gasteiger partial charge on any atom is -0.322 e. The summed E-state index contributed by atoms with van der Waals surface area (Å²) in [6, 6.07) is 5.61. The minimum atomic E-state index is -0.549. The van der Waals surface area contributed by atoms with Crippen molar-refractivity contribution in [1.29, 1.82) is 0 Å². The van der Waals surface area contributed by atoms with Crippen LogP contribution in [0.2, 0.25) is 0 Å². The number of nitrogens with one attached hydrogen (secondary N) is 2. The van der Waals surface area contributed by atoms with E-state index in [9.17, 15) is 14.4 Å². The Morgan fingerprint density at radius 2 is 2.07 bits per heavy atom. The third-order valence-corrected chi connectivity index (χ3v) is 7.22. The number of likely N-dealkylation sites (tertiary alicyclic amines) is 1. The molecule has 0 bridgehead atoms. The molecule has 1 saturated carbocycles. The maximum absolute atomic E-state index is 13.0. The van der Waals surface area contributed by atoms with E-state index in [0.717, 1.165) is 37.3 Å². The molecule has 1 aromatic carbocycles. The highest BCUT2D eigenvalue weighted by molar-refractivity contribution is 6.05. The monoisotopic (exact) mass is 396 g/mol. The summed E-state index contributed by atoms with van der Waals surface area (Å²) in [5.41, 5.74) is 3.34. The molecule has 5 rings (SSSR count). The lowest BCUT2D eigenvalue weighted by molar-refractivity contribution is -0.136. The summed E-state index contributed by atoms with van der Waals surface area (Å²) < 4.78 is 0. The fourth-order valence-electron chi connectivity index (χ4n) is 5.48. The first-order chi connectivity index (χ1) is 14.0. The van der Waals surface area contributed by atoms with E-state index in [1.807, 2.05) is 19.2 Å². The van der Waals surface area contributed by atoms with Crippen molar-refractivity contribution in [3.63, 3.8) is 0 Å². The lowest BCUT2D eigenvalue weighted by atomic mass is 9.93. The van der Waals surface area contributed by atoms with Gasteiger partial charge in [0.05, 0.1) is 0 Å². The maximum Gasteiger partial charge on any atom is 0.255 e. The minimum absolute atomic E-state index is 0.0931. The van der Waals surface area contributed by atoms with Gasteiger partial charge in [0.15, 0.2) is 0 Å². The smallest absolute Gasteiger partial charge is 0.255 e. The SMILES string of the molecule is CNCC1CN(Cc2ccc3c(c2)C(=O)N(C2CCC(=O)NC2=O)C3)CC12CC2. The van der Waals surface area contributed by atoms with Crippen molar-refractivity contribution in [3.05, 3.63) is 34.9 Å². The third-order valence-electron chi connectivity index (χ3n) is 7.22. The van der Waals surface area contributed by atoms with E-state index >= 15 is 0 Å². The summed E-state index contributed by atoms with van der Waals surface area (Å²) in [5.74, 6) is 0.00870. The molecule has 2 unspecified atom stereocenters. The van der Waals surface area contributed by atoms with E-state index in [-0.39, 0.29) is 24.1 Å². The van der Waals surface area contributed by atoms with Crippen LogP contribution < -0.4 is 10.6 Å². The zero-order chi connectivity index (χ0) is 20.2. The molecule has 2 atom stereocenters. The highest BCUT2D eigenvalue weighted by Crippen LogP contribution is 2.56. The zero-order valence-corrected chi connectivity index (χ0v) is 16.9. The van der Waals surface area contributed by atoms with Crippen LogP contribution in [-0.2, 0) is 22.7 Å². The Morgan fingerprint density at radius 3 is 2.79 bits per heavy atom. The van der Waals surface area contributed by atoms with E-state index in [1.54, 1.807) is 4.90 Å². The number of rotatable bonds is 5. The van der Waals surface area contributed by atoms with E-state index in [4.69, 9.17) is 0 Å². The quantitative estimate of drug-likeness (QED) is 0.722. The topological polar surface area (TPSA) is 81.8 Å².